The normalized spacial score (nSPS) is 19.4. The van der Waals surface area contributed by atoms with Crippen LogP contribution in [0.15, 0.2) is 52.1 Å². The number of ether oxygens (including phenoxy) is 2. The minimum absolute atomic E-state index is 0.243. The summed E-state index contributed by atoms with van der Waals surface area (Å²) < 4.78 is 38.2. The van der Waals surface area contributed by atoms with E-state index in [1.54, 1.807) is 46.7 Å². The molecule has 8 nitrogen and oxygen atoms in total. The number of hydrogen-bond acceptors (Lipinski definition) is 7. The van der Waals surface area contributed by atoms with Crippen molar-refractivity contribution in [3.05, 3.63) is 53.4 Å². The largest absolute Gasteiger partial charge is 0.447 e. The Hall–Kier alpha value is -2.27. The quantitative estimate of drug-likeness (QED) is 0.592. The highest BCUT2D eigenvalue weighted by Gasteiger charge is 2.36. The van der Waals surface area contributed by atoms with Crippen molar-refractivity contribution >= 4 is 33.2 Å². The first-order valence-electron chi connectivity index (χ1n) is 10.6. The fraction of sp³-hybridized carbons (Fsp3) is 0.455. The van der Waals surface area contributed by atoms with Crippen LogP contribution >= 0.6 is 11.3 Å². The molecule has 32 heavy (non-hydrogen) atoms. The van der Waals surface area contributed by atoms with E-state index in [9.17, 15) is 18.0 Å². The fourth-order valence-corrected chi connectivity index (χ4v) is 6.53. The smallest absolute Gasteiger partial charge is 0.310 e. The van der Waals surface area contributed by atoms with Crippen LogP contribution in [0.25, 0.3) is 0 Å². The summed E-state index contributed by atoms with van der Waals surface area (Å²) in [6.07, 6.45) is -0.303. The van der Waals surface area contributed by atoms with Gasteiger partial charge in [-0.05, 0) is 24.3 Å². The minimum Gasteiger partial charge on any atom is -0.447 e. The van der Waals surface area contributed by atoms with Crippen molar-refractivity contribution in [2.24, 2.45) is 5.92 Å². The number of benzene rings is 1. The van der Waals surface area contributed by atoms with Crippen LogP contribution in [0.3, 0.4) is 0 Å². The van der Waals surface area contributed by atoms with E-state index in [2.05, 4.69) is 0 Å². The molecule has 1 amide bonds. The monoisotopic (exact) mass is 478 g/mol. The molecule has 2 fully saturated rings. The minimum atomic E-state index is -3.53. The number of piperidine rings is 1. The molecule has 0 saturated carbocycles. The van der Waals surface area contributed by atoms with Crippen LogP contribution in [0.5, 0.6) is 0 Å². The molecule has 10 heteroatoms. The van der Waals surface area contributed by atoms with E-state index in [0.717, 1.165) is 0 Å². The number of amides is 1. The SMILES string of the molecule is O=C(O[C@H](C(=O)N1CCOCC1)c1ccccc1)C1CCN(S(=O)(=O)c2cccs2)CC1. The number of carbonyl (C=O) groups is 2. The Morgan fingerprint density at radius 3 is 2.31 bits per heavy atom. The summed E-state index contributed by atoms with van der Waals surface area (Å²) in [5, 5.41) is 1.73. The number of sulfonamides is 1. The molecule has 0 bridgehead atoms. The first-order valence-corrected chi connectivity index (χ1v) is 12.9. The van der Waals surface area contributed by atoms with Crippen LogP contribution in [0, 0.1) is 5.92 Å². The highest BCUT2D eigenvalue weighted by atomic mass is 32.2. The Kier molecular flexibility index (Phi) is 7.24. The molecule has 1 atom stereocenters. The molecular weight excluding hydrogens is 452 g/mol. The van der Waals surface area contributed by atoms with Crippen molar-refractivity contribution < 1.29 is 27.5 Å². The second kappa shape index (κ2) is 10.1. The highest BCUT2D eigenvalue weighted by Crippen LogP contribution is 2.29. The molecular formula is C22H26N2O6S2. The average molecular weight is 479 g/mol. The van der Waals surface area contributed by atoms with E-state index in [-0.39, 0.29) is 19.0 Å². The van der Waals surface area contributed by atoms with Crippen molar-refractivity contribution in [3.63, 3.8) is 0 Å². The maximum atomic E-state index is 13.1. The molecule has 2 aliphatic heterocycles. The van der Waals surface area contributed by atoms with E-state index in [0.29, 0.717) is 48.9 Å². The van der Waals surface area contributed by atoms with Crippen LogP contribution in [0.4, 0.5) is 0 Å². The molecule has 172 valence electrons. The lowest BCUT2D eigenvalue weighted by Crippen LogP contribution is -2.45. The third kappa shape index (κ3) is 5.03. The molecule has 2 saturated heterocycles. The van der Waals surface area contributed by atoms with Crippen molar-refractivity contribution in [2.75, 3.05) is 39.4 Å². The van der Waals surface area contributed by atoms with Gasteiger partial charge in [-0.1, -0.05) is 36.4 Å². The Morgan fingerprint density at radius 1 is 1.00 bits per heavy atom. The number of thiophene rings is 1. The summed E-state index contributed by atoms with van der Waals surface area (Å²) >= 11 is 1.18. The van der Waals surface area contributed by atoms with Gasteiger partial charge in [-0.3, -0.25) is 9.59 Å². The molecule has 0 N–H and O–H groups in total. The second-order valence-corrected chi connectivity index (χ2v) is 10.9. The van der Waals surface area contributed by atoms with Crippen LogP contribution in [-0.2, 0) is 29.1 Å². The van der Waals surface area contributed by atoms with Gasteiger partial charge >= 0.3 is 5.97 Å². The molecule has 1 aromatic heterocycles. The number of hydrogen-bond donors (Lipinski definition) is 0. The van der Waals surface area contributed by atoms with Gasteiger partial charge < -0.3 is 14.4 Å². The number of morpholine rings is 1. The first kappa shape index (κ1) is 22.9. The van der Waals surface area contributed by atoms with Crippen molar-refractivity contribution in [1.82, 2.24) is 9.21 Å². The van der Waals surface area contributed by atoms with Crippen LogP contribution < -0.4 is 0 Å². The Bertz CT molecular complexity index is 1010. The molecule has 0 unspecified atom stereocenters. The van der Waals surface area contributed by atoms with E-state index in [1.165, 1.54) is 15.6 Å². The number of carbonyl (C=O) groups excluding carboxylic acids is 2. The molecule has 2 aromatic rings. The van der Waals surface area contributed by atoms with E-state index < -0.39 is 28.0 Å². The molecule has 4 rings (SSSR count). The predicted octanol–water partition coefficient (Wildman–Crippen LogP) is 2.29. The third-order valence-electron chi connectivity index (χ3n) is 5.76. The van der Waals surface area contributed by atoms with Gasteiger partial charge in [0, 0.05) is 31.7 Å². The van der Waals surface area contributed by atoms with Gasteiger partial charge in [-0.15, -0.1) is 11.3 Å². The number of esters is 1. The number of rotatable bonds is 6. The maximum absolute atomic E-state index is 13.1. The second-order valence-electron chi connectivity index (χ2n) is 7.78. The van der Waals surface area contributed by atoms with Gasteiger partial charge in [0.15, 0.2) is 0 Å². The lowest BCUT2D eigenvalue weighted by Gasteiger charge is -2.32. The van der Waals surface area contributed by atoms with Gasteiger partial charge in [0.05, 0.1) is 19.1 Å². The molecule has 0 radical (unpaired) electrons. The lowest BCUT2D eigenvalue weighted by atomic mass is 9.98. The van der Waals surface area contributed by atoms with E-state index in [4.69, 9.17) is 9.47 Å². The van der Waals surface area contributed by atoms with E-state index >= 15 is 0 Å². The summed E-state index contributed by atoms with van der Waals surface area (Å²) in [6, 6.07) is 12.3. The number of nitrogens with zero attached hydrogens (tertiary/aromatic N) is 2. The predicted molar refractivity (Wildman–Crippen MR) is 118 cm³/mol. The maximum Gasteiger partial charge on any atom is 0.310 e. The van der Waals surface area contributed by atoms with Gasteiger partial charge in [-0.2, -0.15) is 4.31 Å². The molecule has 3 heterocycles. The van der Waals surface area contributed by atoms with Crippen LogP contribution in [0.1, 0.15) is 24.5 Å². The fourth-order valence-electron chi connectivity index (χ4n) is 3.92. The highest BCUT2D eigenvalue weighted by molar-refractivity contribution is 7.91. The Labute approximate surface area is 191 Å². The summed E-state index contributed by atoms with van der Waals surface area (Å²) in [5.41, 5.74) is 0.620. The van der Waals surface area contributed by atoms with Gasteiger partial charge in [0.25, 0.3) is 15.9 Å². The Morgan fingerprint density at radius 2 is 1.69 bits per heavy atom. The summed E-state index contributed by atoms with van der Waals surface area (Å²) in [5.74, 6) is -1.17. The zero-order valence-corrected chi connectivity index (χ0v) is 19.2. The summed E-state index contributed by atoms with van der Waals surface area (Å²) in [7, 11) is -3.53. The third-order valence-corrected chi connectivity index (χ3v) is 9.03. The average Bonchev–Trinajstić information content (AvgIpc) is 3.39. The van der Waals surface area contributed by atoms with Crippen LogP contribution in [0.2, 0.25) is 0 Å². The molecule has 0 aliphatic carbocycles. The van der Waals surface area contributed by atoms with E-state index in [1.807, 2.05) is 6.07 Å². The van der Waals surface area contributed by atoms with Crippen molar-refractivity contribution in [1.29, 1.82) is 0 Å². The van der Waals surface area contributed by atoms with Crippen molar-refractivity contribution in [3.8, 4) is 0 Å². The van der Waals surface area contributed by atoms with Crippen molar-refractivity contribution in [2.45, 2.75) is 23.2 Å². The molecule has 1 aromatic carbocycles. The topological polar surface area (TPSA) is 93.2 Å². The first-order chi connectivity index (χ1) is 15.5. The Balaban J connectivity index is 1.42. The summed E-state index contributed by atoms with van der Waals surface area (Å²) in [4.78, 5) is 27.8. The summed E-state index contributed by atoms with van der Waals surface area (Å²) in [6.45, 7) is 2.31. The molecule has 2 aliphatic rings. The van der Waals surface area contributed by atoms with Gasteiger partial charge in [0.1, 0.15) is 4.21 Å². The van der Waals surface area contributed by atoms with Gasteiger partial charge in [0.2, 0.25) is 6.10 Å². The lowest BCUT2D eigenvalue weighted by molar-refractivity contribution is -0.166. The van der Waals surface area contributed by atoms with Crippen LogP contribution in [-0.4, -0.2) is 68.9 Å². The zero-order valence-electron chi connectivity index (χ0n) is 17.6. The van der Waals surface area contributed by atoms with Gasteiger partial charge in [-0.25, -0.2) is 8.42 Å². The standard InChI is InChI=1S/C22H26N2O6S2/c25-21(23-12-14-29-15-13-23)20(17-5-2-1-3-6-17)30-22(26)18-8-10-24(11-9-18)32(27,28)19-7-4-16-31-19/h1-7,16,18,20H,8-15H2/t20-/m0/s1. The zero-order chi connectivity index (χ0) is 22.6. The molecule has 0 spiro atoms.